The van der Waals surface area contributed by atoms with Crippen molar-refractivity contribution < 1.29 is 16.8 Å². The molecule has 0 radical (unpaired) electrons. The van der Waals surface area contributed by atoms with Crippen LogP contribution in [0.2, 0.25) is 0 Å². The summed E-state index contributed by atoms with van der Waals surface area (Å²) in [6.45, 7) is 11.6. The van der Waals surface area contributed by atoms with Crippen LogP contribution in [0, 0.1) is 0 Å². The molecule has 0 N–H and O–H groups in total. The number of ketones is 1. The second kappa shape index (κ2) is 8.39. The molecule has 0 bridgehead atoms. The Morgan fingerprint density at radius 3 is 1.90 bits per heavy atom. The Kier molecular flexibility index (Phi) is 8.36. The van der Waals surface area contributed by atoms with Gasteiger partial charge < -0.3 is 0 Å². The van der Waals surface area contributed by atoms with Crippen LogP contribution in [-0.4, -0.2) is 36.2 Å². The lowest BCUT2D eigenvalue weighted by Crippen LogP contribution is -2.32. The van der Waals surface area contributed by atoms with Crippen LogP contribution in [0.5, 0.6) is 0 Å². The highest BCUT2D eigenvalue weighted by atomic mass is 32.3. The lowest BCUT2D eigenvalue weighted by atomic mass is 10.4. The van der Waals surface area contributed by atoms with Gasteiger partial charge in [0.2, 0.25) is 0 Å². The molecule has 122 valence electrons. The van der Waals surface area contributed by atoms with Crippen molar-refractivity contribution in [1.82, 2.24) is 0 Å². The summed E-state index contributed by atoms with van der Waals surface area (Å²) in [4.78, 5) is 11.9. The van der Waals surface area contributed by atoms with Gasteiger partial charge in [0.1, 0.15) is 5.78 Å². The lowest BCUT2D eigenvalue weighted by Gasteiger charge is -2.45. The van der Waals surface area contributed by atoms with Crippen LogP contribution in [0.4, 0.5) is 0 Å². The van der Waals surface area contributed by atoms with Crippen molar-refractivity contribution >= 4 is 26.2 Å². The molecule has 4 nitrogen and oxygen atoms in total. The zero-order chi connectivity index (χ0) is 16.0. The van der Waals surface area contributed by atoms with E-state index in [0.29, 0.717) is 12.8 Å². The largest absolute Gasteiger partial charge is 0.299 e. The Hall–Kier alpha value is -0.0700. The van der Waals surface area contributed by atoms with Crippen LogP contribution in [0.3, 0.4) is 0 Å². The number of hydrogen-bond acceptors (Lipinski definition) is 4. The monoisotopic (exact) mass is 326 g/mol. The molecule has 0 aromatic carbocycles. The Bertz CT molecular complexity index is 391. The zero-order valence-electron chi connectivity index (χ0n) is 13.6. The Morgan fingerprint density at radius 2 is 1.55 bits per heavy atom. The number of hydrogen-bond donors (Lipinski definition) is 0. The molecule has 0 saturated carbocycles. The molecular formula is C14H30O4S2. The molecule has 0 heterocycles. The Balaban J connectivity index is 5.36. The van der Waals surface area contributed by atoms with Crippen molar-refractivity contribution in [2.24, 2.45) is 0 Å². The Morgan fingerprint density at radius 1 is 1.05 bits per heavy atom. The van der Waals surface area contributed by atoms with E-state index < -0.39 is 20.4 Å². The molecule has 0 rings (SSSR count). The summed E-state index contributed by atoms with van der Waals surface area (Å²) in [5.74, 6) is 0.357. The predicted octanol–water partition coefficient (Wildman–Crippen LogP) is 3.65. The third kappa shape index (κ3) is 5.74. The molecular weight excluding hydrogens is 296 g/mol. The quantitative estimate of drug-likeness (QED) is 0.615. The molecule has 0 saturated heterocycles. The minimum atomic E-state index is -3.56. The molecule has 0 aromatic heterocycles. The van der Waals surface area contributed by atoms with E-state index in [2.05, 4.69) is 0 Å². The van der Waals surface area contributed by atoms with Crippen LogP contribution < -0.4 is 0 Å². The highest BCUT2D eigenvalue weighted by Gasteiger charge is 2.38. The first-order valence-corrected chi connectivity index (χ1v) is 10.8. The molecule has 0 aliphatic rings. The van der Waals surface area contributed by atoms with E-state index in [0.717, 1.165) is 6.42 Å². The van der Waals surface area contributed by atoms with Gasteiger partial charge in [-0.15, -0.1) is 10.3 Å². The lowest BCUT2D eigenvalue weighted by molar-refractivity contribution is -0.116. The SMILES string of the molecule is CCCCS(=O)(=O)OS(CC(=O)CC)(C(C)C)C(C)C. The molecule has 6 heteroatoms. The molecule has 0 fully saturated rings. The number of carbonyl (C=O) groups excluding carboxylic acids is 1. The van der Waals surface area contributed by atoms with Crippen molar-refractivity contribution in [2.75, 3.05) is 11.5 Å². The maximum absolute atomic E-state index is 12.2. The van der Waals surface area contributed by atoms with Gasteiger partial charge in [0.15, 0.2) is 0 Å². The maximum Gasteiger partial charge on any atom is 0.276 e. The average molecular weight is 327 g/mol. The van der Waals surface area contributed by atoms with Crippen LogP contribution in [0.25, 0.3) is 0 Å². The average Bonchev–Trinajstić information content (AvgIpc) is 2.34. The fourth-order valence-electron chi connectivity index (χ4n) is 1.96. The van der Waals surface area contributed by atoms with Crippen molar-refractivity contribution in [3.8, 4) is 0 Å². The van der Waals surface area contributed by atoms with Gasteiger partial charge in [-0.05, 0) is 6.42 Å². The van der Waals surface area contributed by atoms with E-state index >= 15 is 0 Å². The molecule has 0 aromatic rings. The van der Waals surface area contributed by atoms with Gasteiger partial charge in [-0.25, -0.2) is 3.63 Å². The van der Waals surface area contributed by atoms with Crippen LogP contribution in [-0.2, 0) is 18.5 Å². The van der Waals surface area contributed by atoms with Gasteiger partial charge in [0, 0.05) is 16.9 Å². The summed E-state index contributed by atoms with van der Waals surface area (Å²) in [5.41, 5.74) is 0. The molecule has 0 unspecified atom stereocenters. The van der Waals surface area contributed by atoms with E-state index in [1.807, 2.05) is 34.6 Å². The van der Waals surface area contributed by atoms with Crippen LogP contribution in [0.15, 0.2) is 0 Å². The van der Waals surface area contributed by atoms with E-state index in [9.17, 15) is 13.2 Å². The van der Waals surface area contributed by atoms with Gasteiger partial charge in [-0.2, -0.15) is 8.42 Å². The van der Waals surface area contributed by atoms with Crippen LogP contribution >= 0.6 is 10.3 Å². The summed E-state index contributed by atoms with van der Waals surface area (Å²) in [6, 6.07) is 0. The van der Waals surface area contributed by atoms with E-state index in [4.69, 9.17) is 3.63 Å². The summed E-state index contributed by atoms with van der Waals surface area (Å²) in [5, 5.41) is 0.0730. The fourth-order valence-corrected chi connectivity index (χ4v) is 8.33. The van der Waals surface area contributed by atoms with Crippen molar-refractivity contribution in [3.05, 3.63) is 0 Å². The fraction of sp³-hybridized carbons (Fsp3) is 0.929. The van der Waals surface area contributed by atoms with Gasteiger partial charge in [-0.3, -0.25) is 4.79 Å². The third-order valence-corrected chi connectivity index (χ3v) is 9.95. The van der Waals surface area contributed by atoms with E-state index in [-0.39, 0.29) is 27.8 Å². The highest BCUT2D eigenvalue weighted by Crippen LogP contribution is 2.58. The van der Waals surface area contributed by atoms with Crippen molar-refractivity contribution in [2.45, 2.75) is 71.3 Å². The smallest absolute Gasteiger partial charge is 0.276 e. The first kappa shape index (κ1) is 19.9. The van der Waals surface area contributed by atoms with Crippen molar-refractivity contribution in [1.29, 1.82) is 0 Å². The third-order valence-electron chi connectivity index (χ3n) is 3.36. The molecule has 0 amide bonds. The predicted molar refractivity (Wildman–Crippen MR) is 87.8 cm³/mol. The first-order chi connectivity index (χ1) is 9.11. The number of Topliss-reactive ketones (excluding diaryl/α,β-unsaturated/α-hetero) is 1. The number of unbranched alkanes of at least 4 members (excludes halogenated alkanes) is 1. The first-order valence-electron chi connectivity index (χ1n) is 7.35. The standard InChI is InChI=1S/C14H30O4S2/c1-7-9-10-20(16,17)18-19(12(3)4,13(5)6)11-14(15)8-2/h12-13H,7-11H2,1-6H3. The second-order valence-corrected chi connectivity index (χ2v) is 11.4. The molecule has 0 aliphatic carbocycles. The van der Waals surface area contributed by atoms with Gasteiger partial charge >= 0.3 is 0 Å². The molecule has 20 heavy (non-hydrogen) atoms. The summed E-state index contributed by atoms with van der Waals surface area (Å²) in [7, 11) is -5.53. The van der Waals surface area contributed by atoms with Gasteiger partial charge in [0.25, 0.3) is 10.1 Å². The minimum Gasteiger partial charge on any atom is -0.299 e. The van der Waals surface area contributed by atoms with Gasteiger partial charge in [-0.1, -0.05) is 48.0 Å². The summed E-state index contributed by atoms with van der Waals surface area (Å²) in [6.07, 6.45) is 1.82. The van der Waals surface area contributed by atoms with Crippen molar-refractivity contribution in [3.63, 3.8) is 0 Å². The van der Waals surface area contributed by atoms with Crippen LogP contribution in [0.1, 0.15) is 60.8 Å². The zero-order valence-corrected chi connectivity index (χ0v) is 15.3. The van der Waals surface area contributed by atoms with Gasteiger partial charge in [0.05, 0.1) is 11.5 Å². The summed E-state index contributed by atoms with van der Waals surface area (Å²) >= 11 is 0. The summed E-state index contributed by atoms with van der Waals surface area (Å²) < 4.78 is 30.0. The highest BCUT2D eigenvalue weighted by molar-refractivity contribution is 8.34. The number of carbonyl (C=O) groups is 1. The molecule has 0 atom stereocenters. The topological polar surface area (TPSA) is 60.4 Å². The van der Waals surface area contributed by atoms with E-state index in [1.54, 1.807) is 6.92 Å². The normalized spacial score (nSPS) is 14.0. The second-order valence-electron chi connectivity index (χ2n) is 5.60. The maximum atomic E-state index is 12.2. The number of rotatable bonds is 10. The minimum absolute atomic E-state index is 0.0365. The molecule has 0 spiro atoms. The van der Waals surface area contributed by atoms with E-state index in [1.165, 1.54) is 0 Å². The Labute approximate surface area is 126 Å². The molecule has 0 aliphatic heterocycles.